The van der Waals surface area contributed by atoms with Gasteiger partial charge in [0.05, 0.1) is 5.01 Å². The lowest BCUT2D eigenvalue weighted by atomic mass is 9.87. The number of rotatable bonds is 4. The average molecular weight is 434 g/mol. The first kappa shape index (κ1) is 20.9. The lowest BCUT2D eigenvalue weighted by Gasteiger charge is -2.34. The quantitative estimate of drug-likeness (QED) is 0.741. The molecule has 0 atom stereocenters. The fourth-order valence-electron chi connectivity index (χ4n) is 4.30. The summed E-state index contributed by atoms with van der Waals surface area (Å²) in [6.07, 6.45) is 7.26. The maximum absolute atomic E-state index is 13.3. The van der Waals surface area contributed by atoms with Crippen molar-refractivity contribution in [2.24, 2.45) is 5.92 Å². The van der Waals surface area contributed by atoms with E-state index in [1.165, 1.54) is 23.8 Å². The van der Waals surface area contributed by atoms with Gasteiger partial charge in [-0.05, 0) is 37.8 Å². The zero-order valence-electron chi connectivity index (χ0n) is 16.7. The van der Waals surface area contributed by atoms with Gasteiger partial charge in [0.25, 0.3) is 5.91 Å². The summed E-state index contributed by atoms with van der Waals surface area (Å²) < 4.78 is 26.3. The number of amides is 2. The molecule has 1 aliphatic carbocycles. The van der Waals surface area contributed by atoms with Crippen molar-refractivity contribution < 1.29 is 18.4 Å². The summed E-state index contributed by atoms with van der Waals surface area (Å²) in [7, 11) is 0. The van der Waals surface area contributed by atoms with E-state index in [1.54, 1.807) is 5.38 Å². The summed E-state index contributed by atoms with van der Waals surface area (Å²) >= 11 is 1.43. The number of piperidine rings is 1. The Balaban J connectivity index is 1.32. The highest BCUT2D eigenvalue weighted by molar-refractivity contribution is 7.10. The molecule has 2 amide bonds. The van der Waals surface area contributed by atoms with E-state index < -0.39 is 17.5 Å². The molecule has 0 bridgehead atoms. The number of hydrogen-bond acceptors (Lipinski definition) is 4. The minimum atomic E-state index is -1.01. The van der Waals surface area contributed by atoms with Gasteiger partial charge in [0.2, 0.25) is 5.91 Å². The maximum Gasteiger partial charge on any atom is 0.275 e. The minimum Gasteiger partial charge on any atom is -0.342 e. The molecule has 8 heteroatoms. The van der Waals surface area contributed by atoms with Crippen LogP contribution in [0.25, 0.3) is 0 Å². The highest BCUT2D eigenvalue weighted by atomic mass is 32.1. The predicted octanol–water partition coefficient (Wildman–Crippen LogP) is 4.96. The molecule has 2 fully saturated rings. The Morgan fingerprint density at radius 3 is 2.47 bits per heavy atom. The third kappa shape index (κ3) is 4.69. The van der Waals surface area contributed by atoms with Crippen LogP contribution >= 0.6 is 11.3 Å². The summed E-state index contributed by atoms with van der Waals surface area (Å²) in [4.78, 5) is 31.6. The van der Waals surface area contributed by atoms with Crippen molar-refractivity contribution in [3.05, 3.63) is 45.9 Å². The lowest BCUT2D eigenvalue weighted by Crippen LogP contribution is -2.41. The fraction of sp³-hybridized carbons (Fsp3) is 0.500. The molecular weight excluding hydrogens is 408 g/mol. The van der Waals surface area contributed by atoms with Crippen LogP contribution in [-0.4, -0.2) is 34.8 Å². The van der Waals surface area contributed by atoms with Crippen molar-refractivity contribution >= 4 is 28.8 Å². The third-order valence-corrected chi connectivity index (χ3v) is 7.05. The van der Waals surface area contributed by atoms with E-state index in [0.29, 0.717) is 5.91 Å². The summed E-state index contributed by atoms with van der Waals surface area (Å²) in [5, 5.41) is 5.12. The van der Waals surface area contributed by atoms with Crippen LogP contribution < -0.4 is 5.32 Å². The first-order valence-corrected chi connectivity index (χ1v) is 11.4. The summed E-state index contributed by atoms with van der Waals surface area (Å²) in [6, 6.07) is 3.22. The Morgan fingerprint density at radius 1 is 1.03 bits per heavy atom. The summed E-state index contributed by atoms with van der Waals surface area (Å²) in [6.45, 7) is 1.46. The van der Waals surface area contributed by atoms with E-state index in [1.807, 2.05) is 4.90 Å². The fourth-order valence-corrected chi connectivity index (χ4v) is 5.27. The number of aromatic nitrogens is 1. The highest BCUT2D eigenvalue weighted by Crippen LogP contribution is 2.32. The molecule has 2 heterocycles. The number of carbonyl (C=O) groups is 2. The largest absolute Gasteiger partial charge is 0.342 e. The Kier molecular flexibility index (Phi) is 6.41. The molecule has 2 aliphatic rings. The van der Waals surface area contributed by atoms with Gasteiger partial charge in [0.1, 0.15) is 5.69 Å². The number of carbonyl (C=O) groups excluding carboxylic acids is 2. The van der Waals surface area contributed by atoms with Crippen LogP contribution in [0.2, 0.25) is 0 Å². The van der Waals surface area contributed by atoms with Gasteiger partial charge in [-0.1, -0.05) is 19.3 Å². The standard InChI is InChI=1S/C22H25F2N3O2S/c23-17-7-6-16(12-18(17)24)25-20(28)19-13-30-21(26-19)14-8-10-27(11-9-14)22(29)15-4-2-1-3-5-15/h6-7,12-15H,1-5,8-11H2,(H,25,28). The maximum atomic E-state index is 13.3. The van der Waals surface area contributed by atoms with Crippen LogP contribution in [-0.2, 0) is 4.79 Å². The number of anilines is 1. The van der Waals surface area contributed by atoms with Crippen LogP contribution in [0.3, 0.4) is 0 Å². The Bertz CT molecular complexity index is 919. The number of benzene rings is 1. The zero-order valence-corrected chi connectivity index (χ0v) is 17.5. The molecule has 30 heavy (non-hydrogen) atoms. The van der Waals surface area contributed by atoms with Crippen LogP contribution in [0.5, 0.6) is 0 Å². The Morgan fingerprint density at radius 2 is 1.77 bits per heavy atom. The highest BCUT2D eigenvalue weighted by Gasteiger charge is 2.30. The molecule has 160 valence electrons. The van der Waals surface area contributed by atoms with Gasteiger partial charge in [-0.15, -0.1) is 11.3 Å². The van der Waals surface area contributed by atoms with E-state index >= 15 is 0 Å². The molecule has 5 nitrogen and oxygen atoms in total. The predicted molar refractivity (Wildman–Crippen MR) is 112 cm³/mol. The first-order valence-electron chi connectivity index (χ1n) is 10.5. The van der Waals surface area contributed by atoms with E-state index in [-0.39, 0.29) is 23.2 Å². The van der Waals surface area contributed by atoms with E-state index in [9.17, 15) is 18.4 Å². The van der Waals surface area contributed by atoms with Gasteiger partial charge in [-0.3, -0.25) is 9.59 Å². The number of nitrogens with one attached hydrogen (secondary N) is 1. The second-order valence-corrected chi connectivity index (χ2v) is 8.98. The topological polar surface area (TPSA) is 62.3 Å². The Hall–Kier alpha value is -2.35. The molecule has 2 aromatic rings. The molecule has 0 radical (unpaired) electrons. The second kappa shape index (κ2) is 9.20. The van der Waals surface area contributed by atoms with Crippen molar-refractivity contribution in [2.75, 3.05) is 18.4 Å². The third-order valence-electron chi connectivity index (χ3n) is 6.04. The number of nitrogens with zero attached hydrogens (tertiary/aromatic N) is 2. The minimum absolute atomic E-state index is 0.183. The van der Waals surface area contributed by atoms with Gasteiger partial charge in [-0.2, -0.15) is 0 Å². The number of halogens is 2. The van der Waals surface area contributed by atoms with Gasteiger partial charge in [0, 0.05) is 42.1 Å². The number of hydrogen-bond donors (Lipinski definition) is 1. The van der Waals surface area contributed by atoms with Gasteiger partial charge in [0.15, 0.2) is 11.6 Å². The van der Waals surface area contributed by atoms with Crippen LogP contribution in [0, 0.1) is 17.6 Å². The Labute approximate surface area is 178 Å². The smallest absolute Gasteiger partial charge is 0.275 e. The normalized spacial score (nSPS) is 18.4. The molecule has 1 saturated heterocycles. The monoisotopic (exact) mass is 433 g/mol. The summed E-state index contributed by atoms with van der Waals surface area (Å²) in [5.74, 6) is -1.69. The SMILES string of the molecule is O=C(Nc1ccc(F)c(F)c1)c1csc(C2CCN(C(=O)C3CCCCC3)CC2)n1. The van der Waals surface area contributed by atoms with Gasteiger partial charge in [-0.25, -0.2) is 13.8 Å². The zero-order chi connectivity index (χ0) is 21.1. The van der Waals surface area contributed by atoms with E-state index in [2.05, 4.69) is 10.3 Å². The molecule has 0 unspecified atom stereocenters. The van der Waals surface area contributed by atoms with E-state index in [0.717, 1.165) is 68.8 Å². The molecular formula is C22H25F2N3O2S. The van der Waals surface area contributed by atoms with E-state index in [4.69, 9.17) is 0 Å². The molecule has 1 aliphatic heterocycles. The lowest BCUT2D eigenvalue weighted by molar-refractivity contribution is -0.137. The average Bonchev–Trinajstić information content (AvgIpc) is 3.27. The number of likely N-dealkylation sites (tertiary alicyclic amines) is 1. The number of thiazole rings is 1. The van der Waals surface area contributed by atoms with Crippen molar-refractivity contribution in [3.63, 3.8) is 0 Å². The molecule has 1 N–H and O–H groups in total. The summed E-state index contributed by atoms with van der Waals surface area (Å²) in [5.41, 5.74) is 0.448. The van der Waals surface area contributed by atoms with Crippen molar-refractivity contribution in [1.82, 2.24) is 9.88 Å². The van der Waals surface area contributed by atoms with Crippen LogP contribution in [0.1, 0.15) is 66.4 Å². The van der Waals surface area contributed by atoms with Crippen LogP contribution in [0.4, 0.5) is 14.5 Å². The second-order valence-electron chi connectivity index (χ2n) is 8.09. The molecule has 0 spiro atoms. The van der Waals surface area contributed by atoms with Crippen molar-refractivity contribution in [1.29, 1.82) is 0 Å². The van der Waals surface area contributed by atoms with Gasteiger partial charge < -0.3 is 10.2 Å². The van der Waals surface area contributed by atoms with Crippen molar-refractivity contribution in [3.8, 4) is 0 Å². The molecule has 4 rings (SSSR count). The molecule has 1 saturated carbocycles. The van der Waals surface area contributed by atoms with Gasteiger partial charge >= 0.3 is 0 Å². The first-order chi connectivity index (χ1) is 14.5. The van der Waals surface area contributed by atoms with Crippen molar-refractivity contribution in [2.45, 2.75) is 50.9 Å². The molecule has 1 aromatic carbocycles. The van der Waals surface area contributed by atoms with Crippen LogP contribution in [0.15, 0.2) is 23.6 Å². The molecule has 1 aromatic heterocycles.